The van der Waals surface area contributed by atoms with Crippen LogP contribution in [0.5, 0.6) is 0 Å². The first-order valence-electron chi connectivity index (χ1n) is 8.39. The largest absolute Gasteiger partial charge is 0.331 e. The average molecular weight is 344 g/mol. The van der Waals surface area contributed by atoms with E-state index in [4.69, 9.17) is 0 Å². The van der Waals surface area contributed by atoms with Crippen molar-refractivity contribution in [3.63, 3.8) is 0 Å². The van der Waals surface area contributed by atoms with E-state index in [2.05, 4.69) is 41.3 Å². The monoisotopic (exact) mass is 344 g/mol. The lowest BCUT2D eigenvalue weighted by molar-refractivity contribution is 0.108. The molecule has 2 aromatic rings. The molecule has 0 bridgehead atoms. The van der Waals surface area contributed by atoms with Crippen LogP contribution in [-0.4, -0.2) is 47.5 Å². The predicted octanol–water partition coefficient (Wildman–Crippen LogP) is 2.90. The van der Waals surface area contributed by atoms with Gasteiger partial charge in [-0.05, 0) is 19.0 Å². The second-order valence-corrected chi connectivity index (χ2v) is 7.31. The Morgan fingerprint density at radius 3 is 2.83 bits per heavy atom. The lowest BCUT2D eigenvalue weighted by Crippen LogP contribution is -2.52. The molecule has 6 heteroatoms. The van der Waals surface area contributed by atoms with Gasteiger partial charge in [0, 0.05) is 30.7 Å². The number of thiazole rings is 1. The first-order valence-corrected chi connectivity index (χ1v) is 9.20. The van der Waals surface area contributed by atoms with E-state index in [1.807, 2.05) is 29.3 Å². The molecule has 2 amide bonds. The van der Waals surface area contributed by atoms with Gasteiger partial charge in [-0.1, -0.05) is 37.3 Å². The van der Waals surface area contributed by atoms with Crippen molar-refractivity contribution in [2.24, 2.45) is 0 Å². The third kappa shape index (κ3) is 3.94. The molecule has 0 aliphatic carbocycles. The molecule has 1 aromatic carbocycles. The molecule has 1 aliphatic rings. The number of carbonyl (C=O) groups excluding carboxylic acids is 1. The van der Waals surface area contributed by atoms with E-state index in [9.17, 15) is 4.79 Å². The standard InChI is InChI=1S/C18H24N4OS/c1-3-15-11-19-17(24-15)12-20-18(23)22-10-9-21(2)13-16(22)14-7-5-4-6-8-14/h4-8,11,16H,3,9-10,12-13H2,1-2H3,(H,20,23)/t16-/m1/s1. The molecule has 3 rings (SSSR count). The Bertz CT molecular complexity index is 673. The second kappa shape index (κ2) is 7.77. The van der Waals surface area contributed by atoms with Crippen molar-refractivity contribution in [2.45, 2.75) is 25.9 Å². The van der Waals surface area contributed by atoms with E-state index in [0.29, 0.717) is 6.54 Å². The van der Waals surface area contributed by atoms with Crippen molar-refractivity contribution < 1.29 is 4.79 Å². The van der Waals surface area contributed by atoms with Gasteiger partial charge in [0.1, 0.15) is 5.01 Å². The van der Waals surface area contributed by atoms with Crippen LogP contribution in [0.25, 0.3) is 0 Å². The Morgan fingerprint density at radius 2 is 2.12 bits per heavy atom. The highest BCUT2D eigenvalue weighted by atomic mass is 32.1. The maximum Gasteiger partial charge on any atom is 0.318 e. The number of rotatable bonds is 4. The molecule has 0 saturated carbocycles. The molecular formula is C18H24N4OS. The number of hydrogen-bond acceptors (Lipinski definition) is 4. The fourth-order valence-corrected chi connectivity index (χ4v) is 3.77. The third-order valence-electron chi connectivity index (χ3n) is 4.37. The smallest absolute Gasteiger partial charge is 0.318 e. The molecule has 5 nitrogen and oxygen atoms in total. The normalized spacial score (nSPS) is 18.6. The van der Waals surface area contributed by atoms with Crippen molar-refractivity contribution in [1.82, 2.24) is 20.1 Å². The fourth-order valence-electron chi connectivity index (χ4n) is 2.97. The number of likely N-dealkylation sites (N-methyl/N-ethyl adjacent to an activating group) is 1. The molecule has 0 radical (unpaired) electrons. The number of amides is 2. The van der Waals surface area contributed by atoms with Crippen molar-refractivity contribution in [3.8, 4) is 0 Å². The van der Waals surface area contributed by atoms with E-state index < -0.39 is 0 Å². The second-order valence-electron chi connectivity index (χ2n) is 6.11. The molecule has 0 spiro atoms. The van der Waals surface area contributed by atoms with Gasteiger partial charge < -0.3 is 15.1 Å². The summed E-state index contributed by atoms with van der Waals surface area (Å²) in [7, 11) is 2.10. The summed E-state index contributed by atoms with van der Waals surface area (Å²) >= 11 is 1.67. The molecular weight excluding hydrogens is 320 g/mol. The maximum atomic E-state index is 12.7. The van der Waals surface area contributed by atoms with Crippen LogP contribution in [0.15, 0.2) is 36.5 Å². The lowest BCUT2D eigenvalue weighted by atomic mass is 10.0. The summed E-state index contributed by atoms with van der Waals surface area (Å²) in [4.78, 5) is 22.6. The van der Waals surface area contributed by atoms with Gasteiger partial charge in [0.2, 0.25) is 0 Å². The van der Waals surface area contributed by atoms with E-state index in [1.165, 1.54) is 10.4 Å². The SMILES string of the molecule is CCc1cnc(CNC(=O)N2CCN(C)C[C@@H]2c2ccccc2)s1. The van der Waals surface area contributed by atoms with Gasteiger partial charge in [-0.15, -0.1) is 11.3 Å². The number of aromatic nitrogens is 1. The van der Waals surface area contributed by atoms with Crippen molar-refractivity contribution in [3.05, 3.63) is 52.0 Å². The zero-order valence-corrected chi connectivity index (χ0v) is 15.1. The molecule has 1 aliphatic heterocycles. The fraction of sp³-hybridized carbons (Fsp3) is 0.444. The average Bonchev–Trinajstić information content (AvgIpc) is 3.08. The van der Waals surface area contributed by atoms with Gasteiger partial charge in [0.25, 0.3) is 0 Å². The highest BCUT2D eigenvalue weighted by Gasteiger charge is 2.30. The van der Waals surface area contributed by atoms with Gasteiger partial charge >= 0.3 is 6.03 Å². The minimum atomic E-state index is -0.00907. The number of benzene rings is 1. The van der Waals surface area contributed by atoms with Crippen molar-refractivity contribution >= 4 is 17.4 Å². The topological polar surface area (TPSA) is 48.5 Å². The Morgan fingerprint density at radius 1 is 1.33 bits per heavy atom. The number of nitrogens with one attached hydrogen (secondary N) is 1. The number of carbonyl (C=O) groups is 1. The predicted molar refractivity (Wildman–Crippen MR) is 97.1 cm³/mol. The molecule has 1 fully saturated rings. The van der Waals surface area contributed by atoms with Gasteiger partial charge in [-0.25, -0.2) is 9.78 Å². The summed E-state index contributed by atoms with van der Waals surface area (Å²) in [5.41, 5.74) is 1.18. The third-order valence-corrected chi connectivity index (χ3v) is 5.51. The summed E-state index contributed by atoms with van der Waals surface area (Å²) < 4.78 is 0. The summed E-state index contributed by atoms with van der Waals surface area (Å²) in [6.07, 6.45) is 2.88. The number of aryl methyl sites for hydroxylation is 1. The minimum absolute atomic E-state index is 0.00907. The quantitative estimate of drug-likeness (QED) is 0.928. The van der Waals surface area contributed by atoms with Crippen molar-refractivity contribution in [2.75, 3.05) is 26.7 Å². The van der Waals surface area contributed by atoms with Crippen LogP contribution >= 0.6 is 11.3 Å². The molecule has 24 heavy (non-hydrogen) atoms. The van der Waals surface area contributed by atoms with Crippen LogP contribution in [0.1, 0.15) is 28.4 Å². The van der Waals surface area contributed by atoms with E-state index >= 15 is 0 Å². The van der Waals surface area contributed by atoms with E-state index in [1.54, 1.807) is 11.3 Å². The Kier molecular flexibility index (Phi) is 5.48. The van der Waals surface area contributed by atoms with Crippen LogP contribution < -0.4 is 5.32 Å². The molecule has 1 aromatic heterocycles. The number of piperazine rings is 1. The summed E-state index contributed by atoms with van der Waals surface area (Å²) in [5, 5.41) is 4.00. The highest BCUT2D eigenvalue weighted by molar-refractivity contribution is 7.11. The maximum absolute atomic E-state index is 12.7. The molecule has 2 heterocycles. The van der Waals surface area contributed by atoms with E-state index in [-0.39, 0.29) is 12.1 Å². The number of nitrogens with zero attached hydrogens (tertiary/aromatic N) is 3. The van der Waals surface area contributed by atoms with Crippen LogP contribution in [-0.2, 0) is 13.0 Å². The Hall–Kier alpha value is -1.92. The first kappa shape index (κ1) is 16.9. The van der Waals surface area contributed by atoms with Gasteiger partial charge in [-0.3, -0.25) is 0 Å². The minimum Gasteiger partial charge on any atom is -0.331 e. The molecule has 1 atom stereocenters. The van der Waals surface area contributed by atoms with Crippen LogP contribution in [0.4, 0.5) is 4.79 Å². The van der Waals surface area contributed by atoms with Gasteiger partial charge in [0.05, 0.1) is 12.6 Å². The summed E-state index contributed by atoms with van der Waals surface area (Å²) in [6.45, 7) is 5.10. The highest BCUT2D eigenvalue weighted by Crippen LogP contribution is 2.25. The summed E-state index contributed by atoms with van der Waals surface area (Å²) in [6, 6.07) is 10.3. The van der Waals surface area contributed by atoms with Crippen LogP contribution in [0, 0.1) is 0 Å². The molecule has 128 valence electrons. The lowest BCUT2D eigenvalue weighted by Gasteiger charge is -2.40. The Balaban J connectivity index is 1.67. The summed E-state index contributed by atoms with van der Waals surface area (Å²) in [5.74, 6) is 0. The Labute approximate surface area is 147 Å². The molecule has 1 saturated heterocycles. The zero-order chi connectivity index (χ0) is 16.9. The van der Waals surface area contributed by atoms with Crippen LogP contribution in [0.3, 0.4) is 0 Å². The number of hydrogen-bond donors (Lipinski definition) is 1. The number of urea groups is 1. The molecule has 0 unspecified atom stereocenters. The molecule has 1 N–H and O–H groups in total. The zero-order valence-electron chi connectivity index (χ0n) is 14.2. The van der Waals surface area contributed by atoms with Crippen molar-refractivity contribution in [1.29, 1.82) is 0 Å². The van der Waals surface area contributed by atoms with Crippen LogP contribution in [0.2, 0.25) is 0 Å². The first-order chi connectivity index (χ1) is 11.7. The van der Waals surface area contributed by atoms with Gasteiger partial charge in [0.15, 0.2) is 0 Å². The van der Waals surface area contributed by atoms with Gasteiger partial charge in [-0.2, -0.15) is 0 Å². The van der Waals surface area contributed by atoms with E-state index in [0.717, 1.165) is 31.1 Å².